The quantitative estimate of drug-likeness (QED) is 0.0572. The molecule has 32 heteroatoms. The monoisotopic (exact) mass is 1130 g/mol. The standard InChI is InChI=1S/2C16H27N7O4.C16H26N6O4/c2*1-3-4-8(17)15(26)22-10-12(25)9(5-24)27-16(10)23-6-19-11-13(18)20-7(2)21-14(11)23;1-2-3-9(18)15(25)21-12-13(24)10(6-23)26-16(12)22-7-20-11-8(17)4-5-19-14(11)22/h6,8-10,12-13,16,24-25H,3-5,17-18H2,1-2H3,(H,20,21)(H,22,26);6,8-10,12-13,16,20-21,24-25H,2-5,17-18H2,1H3,(H,22,26);5,7-10,12-13,16,23-24H,2-4,6,17-18H2,1H3,(H,21,25)/t2*8?,9-,10+,12?,13?,16-;8?,9?,10-,12+,13?,16-/m111/s1. The molecule has 3 amide bonds. The maximum atomic E-state index is 12.4. The van der Waals surface area contributed by atoms with Gasteiger partial charge in [-0.3, -0.25) is 28.1 Å². The van der Waals surface area contributed by atoms with Crippen molar-refractivity contribution in [3.63, 3.8) is 0 Å². The predicted molar refractivity (Wildman–Crippen MR) is 288 cm³/mol. The number of carbonyl (C=O) groups is 3. The molecule has 32 nitrogen and oxygen atoms in total. The summed E-state index contributed by atoms with van der Waals surface area (Å²) in [5.74, 6) is 1.58. The minimum Gasteiger partial charge on any atom is -0.394 e. The third-order valence-corrected chi connectivity index (χ3v) is 14.4. The maximum Gasteiger partial charge on any atom is 0.237 e. The summed E-state index contributed by atoms with van der Waals surface area (Å²) in [6.45, 7) is 10.2. The summed E-state index contributed by atoms with van der Waals surface area (Å²) in [6.07, 6.45) is 1.25. The van der Waals surface area contributed by atoms with Gasteiger partial charge in [-0.2, -0.15) is 0 Å². The first-order valence-electron chi connectivity index (χ1n) is 26.8. The Morgan fingerprint density at radius 3 is 1.50 bits per heavy atom. The van der Waals surface area contributed by atoms with Crippen molar-refractivity contribution in [3.05, 3.63) is 48.5 Å². The summed E-state index contributed by atoms with van der Waals surface area (Å²) in [5, 5.41) is 77.4. The number of rotatable bonds is 18. The molecule has 3 aromatic heterocycles. The van der Waals surface area contributed by atoms with Crippen LogP contribution in [0.1, 0.15) is 127 Å². The van der Waals surface area contributed by atoms with Crippen molar-refractivity contribution < 1.29 is 59.2 Å². The molecule has 80 heavy (non-hydrogen) atoms. The highest BCUT2D eigenvalue weighted by molar-refractivity contribution is 5.95. The number of nitrogens with one attached hydrogen (secondary N) is 6. The lowest BCUT2D eigenvalue weighted by Gasteiger charge is -2.29. The van der Waals surface area contributed by atoms with E-state index in [2.05, 4.69) is 63.4 Å². The van der Waals surface area contributed by atoms with Crippen molar-refractivity contribution in [2.24, 2.45) is 44.4 Å². The van der Waals surface area contributed by atoms with E-state index in [0.29, 0.717) is 71.9 Å². The fourth-order valence-corrected chi connectivity index (χ4v) is 10.1. The molecule has 0 radical (unpaired) electrons. The van der Waals surface area contributed by atoms with Gasteiger partial charge < -0.3 is 111 Å². The van der Waals surface area contributed by atoms with Crippen molar-refractivity contribution in [2.75, 3.05) is 30.5 Å². The van der Waals surface area contributed by atoms with Crippen LogP contribution in [0, 0.1) is 0 Å². The van der Waals surface area contributed by atoms with E-state index in [1.165, 1.54) is 19.0 Å². The van der Waals surface area contributed by atoms with Gasteiger partial charge in [0, 0.05) is 12.6 Å². The minimum atomic E-state index is -1.12. The van der Waals surface area contributed by atoms with Crippen LogP contribution in [0.4, 0.5) is 17.5 Å². The van der Waals surface area contributed by atoms with Gasteiger partial charge in [-0.15, -0.1) is 0 Å². The molecule has 3 fully saturated rings. The summed E-state index contributed by atoms with van der Waals surface area (Å²) in [6, 6.07) is -4.75. The first-order valence-corrected chi connectivity index (χ1v) is 26.8. The van der Waals surface area contributed by atoms with Crippen LogP contribution in [-0.2, 0) is 28.6 Å². The Morgan fingerprint density at radius 2 is 1.06 bits per heavy atom. The predicted octanol–water partition coefficient (Wildman–Crippen LogP) is -4.41. The molecule has 0 spiro atoms. The highest BCUT2D eigenvalue weighted by Crippen LogP contribution is 2.39. The molecule has 6 aliphatic rings. The third-order valence-electron chi connectivity index (χ3n) is 14.4. The van der Waals surface area contributed by atoms with E-state index in [-0.39, 0.29) is 24.5 Å². The summed E-state index contributed by atoms with van der Waals surface area (Å²) in [4.78, 5) is 58.5. The van der Waals surface area contributed by atoms with Crippen molar-refractivity contribution >= 4 is 47.2 Å². The number of nitrogens with two attached hydrogens (primary N) is 6. The second kappa shape index (κ2) is 27.1. The van der Waals surface area contributed by atoms with E-state index in [1.807, 2.05) is 20.8 Å². The fraction of sp³-hybridized carbons (Fsp3) is 0.667. The Hall–Kier alpha value is -6.08. The van der Waals surface area contributed by atoms with E-state index in [9.17, 15) is 45.0 Å². The molecule has 0 bridgehead atoms. The summed E-state index contributed by atoms with van der Waals surface area (Å²) in [7, 11) is 0. The van der Waals surface area contributed by atoms with Gasteiger partial charge in [0.15, 0.2) is 24.5 Å². The number of aliphatic imine (C=N–C) groups is 2. The van der Waals surface area contributed by atoms with Crippen LogP contribution in [0.5, 0.6) is 0 Å². The first kappa shape index (κ1) is 61.5. The molecule has 444 valence electrons. The van der Waals surface area contributed by atoms with Crippen molar-refractivity contribution in [3.8, 4) is 0 Å². The summed E-state index contributed by atoms with van der Waals surface area (Å²) < 4.78 is 22.3. The number of ether oxygens (including phenoxy) is 3. The largest absolute Gasteiger partial charge is 0.394 e. The molecule has 18 atom stereocenters. The molecular weight excluding hydrogens is 1050 g/mol. The molecule has 9 rings (SSSR count). The Kier molecular flexibility index (Phi) is 20.9. The van der Waals surface area contributed by atoms with E-state index >= 15 is 0 Å². The lowest BCUT2D eigenvalue weighted by Crippen LogP contribution is -2.52. The zero-order valence-corrected chi connectivity index (χ0v) is 45.2. The van der Waals surface area contributed by atoms with E-state index in [0.717, 1.165) is 19.3 Å². The van der Waals surface area contributed by atoms with Gasteiger partial charge in [-0.1, -0.05) is 46.6 Å². The third kappa shape index (κ3) is 13.1. The van der Waals surface area contributed by atoms with Gasteiger partial charge >= 0.3 is 0 Å². The van der Waals surface area contributed by atoms with Gasteiger partial charge in [-0.25, -0.2) is 24.9 Å². The molecule has 0 saturated carbocycles. The molecule has 9 unspecified atom stereocenters. The maximum absolute atomic E-state index is 12.4. The van der Waals surface area contributed by atoms with Crippen LogP contribution >= 0.6 is 0 Å². The zero-order valence-electron chi connectivity index (χ0n) is 45.2. The number of aromatic nitrogens is 6. The Labute approximate surface area is 461 Å². The van der Waals surface area contributed by atoms with Crippen LogP contribution in [0.15, 0.2) is 41.4 Å². The minimum absolute atomic E-state index is 0.269. The second-order valence-electron chi connectivity index (χ2n) is 20.3. The molecule has 0 aromatic carbocycles. The van der Waals surface area contributed by atoms with Gasteiger partial charge in [0.25, 0.3) is 0 Å². The first-order chi connectivity index (χ1) is 38.2. The number of fused-ring (bicyclic) bond motifs is 3. The molecule has 24 N–H and O–H groups in total. The fourth-order valence-electron chi connectivity index (χ4n) is 10.1. The number of nitrogens with zero attached hydrogens (tertiary/aromatic N) is 8. The number of carbonyl (C=O) groups excluding carboxylic acids is 3. The summed E-state index contributed by atoms with van der Waals surface area (Å²) in [5.41, 5.74) is 37.4. The lowest BCUT2D eigenvalue weighted by atomic mass is 10.1. The van der Waals surface area contributed by atoms with Crippen molar-refractivity contribution in [2.45, 2.75) is 183 Å². The number of hydrogen-bond donors (Lipinski definition) is 18. The van der Waals surface area contributed by atoms with Crippen LogP contribution in [0.25, 0.3) is 0 Å². The number of imidazole rings is 3. The number of hydrogen-bond acceptors (Lipinski definition) is 26. The lowest BCUT2D eigenvalue weighted by molar-refractivity contribution is -0.125. The van der Waals surface area contributed by atoms with Gasteiger partial charge in [0.1, 0.15) is 102 Å². The van der Waals surface area contributed by atoms with E-state index in [1.54, 1.807) is 26.8 Å². The van der Waals surface area contributed by atoms with Crippen LogP contribution in [-0.4, -0.2) is 182 Å². The van der Waals surface area contributed by atoms with Crippen molar-refractivity contribution in [1.82, 2.24) is 49.9 Å². The number of amides is 3. The normalized spacial score (nSPS) is 31.2. The number of aliphatic hydroxyl groups excluding tert-OH is 6. The van der Waals surface area contributed by atoms with Gasteiger partial charge in [0.05, 0.1) is 68.8 Å². The average Bonchev–Trinajstić information content (AvgIpc) is 4.30. The summed E-state index contributed by atoms with van der Waals surface area (Å²) >= 11 is 0. The molecule has 0 aliphatic carbocycles. The van der Waals surface area contributed by atoms with Crippen LogP contribution in [0.3, 0.4) is 0 Å². The smallest absolute Gasteiger partial charge is 0.237 e. The van der Waals surface area contributed by atoms with Gasteiger partial charge in [0.2, 0.25) is 17.7 Å². The number of anilines is 2. The van der Waals surface area contributed by atoms with Crippen LogP contribution in [0.2, 0.25) is 0 Å². The Bertz CT molecular complexity index is 2670. The van der Waals surface area contributed by atoms with Gasteiger partial charge in [-0.05, 0) is 26.2 Å². The zero-order chi connectivity index (χ0) is 58.3. The second-order valence-corrected chi connectivity index (χ2v) is 20.3. The van der Waals surface area contributed by atoms with E-state index in [4.69, 9.17) is 48.6 Å². The molecule has 3 aromatic rings. The highest BCUT2D eigenvalue weighted by atomic mass is 16.6. The molecule has 3 saturated heterocycles. The molecule has 6 aliphatic heterocycles. The van der Waals surface area contributed by atoms with Crippen LogP contribution < -0.4 is 66.3 Å². The molecular formula is C48H80N20O12. The molecule has 9 heterocycles. The Balaban J connectivity index is 0.000000173. The topological polar surface area (TPSA) is 507 Å². The highest BCUT2D eigenvalue weighted by Gasteiger charge is 2.50. The Morgan fingerprint density at radius 1 is 0.662 bits per heavy atom. The average molecular weight is 1130 g/mol. The SMILES string of the molecule is C=C1Nc2c(ncn2[C@@H]2O[C@H](CO)C(O)[C@@H]2NC(=O)C(N)CCC)C(N)N1.CCCC(N)C(=O)N[C@H]1C(O)[C@@H](CO)O[C@H]1n1cnc2c1N=CCC2N.CCCC(N)C(=O)N[C@H]1C(O)[C@@H](CO)O[C@H]1n1cnc2c1NC(C)=NC2N. The van der Waals surface area contributed by atoms with E-state index < -0.39 is 123 Å². The number of aliphatic hydroxyl groups is 6. The number of amidine groups is 1. The van der Waals surface area contributed by atoms with Crippen molar-refractivity contribution in [1.29, 1.82) is 0 Å².